The minimum atomic E-state index is -0.305. The van der Waals surface area contributed by atoms with Gasteiger partial charge in [0.15, 0.2) is 0 Å². The maximum Gasteiger partial charge on any atom is 0.220 e. The quantitative estimate of drug-likeness (QED) is 0.340. The molecule has 1 N–H and O–H groups in total. The lowest BCUT2D eigenvalue weighted by Gasteiger charge is -2.18. The van der Waals surface area contributed by atoms with Gasteiger partial charge < -0.3 is 9.88 Å². The van der Waals surface area contributed by atoms with E-state index < -0.39 is 0 Å². The first-order valence-electron chi connectivity index (χ1n) is 11.2. The molecule has 33 heavy (non-hydrogen) atoms. The SMILES string of the molecule is CC(C)CNC(=O)CC(c1ccc(F)cc1)c1cn(Cc2ccc(F)cc2)c2ccccc12. The van der Waals surface area contributed by atoms with Crippen molar-refractivity contribution in [3.8, 4) is 0 Å². The summed E-state index contributed by atoms with van der Waals surface area (Å²) < 4.78 is 29.1. The summed E-state index contributed by atoms with van der Waals surface area (Å²) in [5.74, 6) is -0.470. The van der Waals surface area contributed by atoms with Crippen LogP contribution in [0, 0.1) is 17.6 Å². The van der Waals surface area contributed by atoms with E-state index in [1.165, 1.54) is 24.3 Å². The highest BCUT2D eigenvalue weighted by Crippen LogP contribution is 2.35. The first-order valence-corrected chi connectivity index (χ1v) is 11.2. The molecule has 0 fully saturated rings. The van der Waals surface area contributed by atoms with Crippen LogP contribution < -0.4 is 5.32 Å². The van der Waals surface area contributed by atoms with E-state index in [1.54, 1.807) is 24.3 Å². The zero-order valence-electron chi connectivity index (χ0n) is 18.9. The molecule has 3 aromatic carbocycles. The van der Waals surface area contributed by atoms with Crippen LogP contribution in [-0.4, -0.2) is 17.0 Å². The maximum atomic E-state index is 13.6. The lowest BCUT2D eigenvalue weighted by atomic mass is 9.88. The van der Waals surface area contributed by atoms with Crippen molar-refractivity contribution in [2.45, 2.75) is 32.7 Å². The molecule has 0 bridgehead atoms. The molecule has 1 unspecified atom stereocenters. The Bertz CT molecular complexity index is 1230. The van der Waals surface area contributed by atoms with Crippen LogP contribution in [-0.2, 0) is 11.3 Å². The van der Waals surface area contributed by atoms with Crippen LogP contribution in [0.25, 0.3) is 10.9 Å². The minimum Gasteiger partial charge on any atom is -0.356 e. The van der Waals surface area contributed by atoms with Crippen molar-refractivity contribution in [2.24, 2.45) is 5.92 Å². The summed E-state index contributed by atoms with van der Waals surface area (Å²) in [6.07, 6.45) is 2.33. The Balaban J connectivity index is 1.74. The molecule has 1 atom stereocenters. The molecule has 1 amide bonds. The van der Waals surface area contributed by atoms with E-state index in [4.69, 9.17) is 0 Å². The van der Waals surface area contributed by atoms with Crippen molar-refractivity contribution in [2.75, 3.05) is 6.54 Å². The van der Waals surface area contributed by atoms with E-state index >= 15 is 0 Å². The van der Waals surface area contributed by atoms with Gasteiger partial charge in [-0.2, -0.15) is 0 Å². The second-order valence-corrected chi connectivity index (χ2v) is 8.86. The normalized spacial score (nSPS) is 12.3. The first-order chi connectivity index (χ1) is 15.9. The number of hydrogen-bond acceptors (Lipinski definition) is 1. The largest absolute Gasteiger partial charge is 0.356 e. The fourth-order valence-electron chi connectivity index (χ4n) is 4.15. The molecular formula is C28H28F2N2O. The third-order valence-corrected chi connectivity index (χ3v) is 5.83. The number of amides is 1. The first kappa shape index (κ1) is 22.7. The number of carbonyl (C=O) groups is 1. The van der Waals surface area contributed by atoms with E-state index in [0.717, 1.165) is 27.6 Å². The van der Waals surface area contributed by atoms with Gasteiger partial charge in [-0.25, -0.2) is 8.78 Å². The highest BCUT2D eigenvalue weighted by atomic mass is 19.1. The highest BCUT2D eigenvalue weighted by Gasteiger charge is 2.23. The van der Waals surface area contributed by atoms with Crippen LogP contribution in [0.4, 0.5) is 8.78 Å². The molecule has 0 aliphatic rings. The average Bonchev–Trinajstić information content (AvgIpc) is 3.16. The summed E-state index contributed by atoms with van der Waals surface area (Å²) in [6, 6.07) is 20.9. The van der Waals surface area contributed by atoms with Crippen LogP contribution in [0.15, 0.2) is 79.0 Å². The molecule has 170 valence electrons. The number of nitrogens with one attached hydrogen (secondary N) is 1. The van der Waals surface area contributed by atoms with Crippen LogP contribution in [0.1, 0.15) is 42.9 Å². The predicted molar refractivity (Wildman–Crippen MR) is 128 cm³/mol. The molecule has 4 rings (SSSR count). The molecule has 3 nitrogen and oxygen atoms in total. The molecule has 0 aliphatic heterocycles. The monoisotopic (exact) mass is 446 g/mol. The summed E-state index contributed by atoms with van der Waals surface area (Å²) in [6.45, 7) is 5.30. The average molecular weight is 447 g/mol. The third-order valence-electron chi connectivity index (χ3n) is 5.83. The van der Waals surface area contributed by atoms with E-state index in [2.05, 4.69) is 29.9 Å². The number of benzene rings is 3. The number of nitrogens with zero attached hydrogens (tertiary/aromatic N) is 1. The van der Waals surface area contributed by atoms with E-state index in [9.17, 15) is 13.6 Å². The standard InChI is InChI=1S/C28H28F2N2O/c1-19(2)16-31-28(33)15-25(21-9-13-23(30)14-10-21)26-18-32(27-6-4-3-5-24(26)27)17-20-7-11-22(29)12-8-20/h3-14,18-19,25H,15-17H2,1-2H3,(H,31,33). The van der Waals surface area contributed by atoms with Gasteiger partial charge in [-0.15, -0.1) is 0 Å². The summed E-state index contributed by atoms with van der Waals surface area (Å²) in [4.78, 5) is 12.8. The molecule has 0 radical (unpaired) electrons. The molecule has 1 heterocycles. The van der Waals surface area contributed by atoms with Gasteiger partial charge in [0.1, 0.15) is 11.6 Å². The third kappa shape index (κ3) is 5.48. The highest BCUT2D eigenvalue weighted by molar-refractivity contribution is 5.86. The molecule has 0 saturated heterocycles. The second kappa shape index (κ2) is 9.99. The minimum absolute atomic E-state index is 0.0339. The molecule has 4 aromatic rings. The number of para-hydroxylation sites is 1. The molecule has 0 aliphatic carbocycles. The van der Waals surface area contributed by atoms with E-state index in [-0.39, 0.29) is 29.9 Å². The zero-order chi connectivity index (χ0) is 23.4. The number of rotatable bonds is 8. The number of carbonyl (C=O) groups excluding carboxylic acids is 1. The van der Waals surface area contributed by atoms with Crippen molar-refractivity contribution >= 4 is 16.8 Å². The predicted octanol–water partition coefficient (Wildman–Crippen LogP) is 6.26. The summed E-state index contributed by atoms with van der Waals surface area (Å²) in [7, 11) is 0. The molecular weight excluding hydrogens is 418 g/mol. The Morgan fingerprint density at radius 3 is 2.21 bits per heavy atom. The Labute approximate surface area is 193 Å². The van der Waals surface area contributed by atoms with Gasteiger partial charge in [-0.1, -0.05) is 56.3 Å². The van der Waals surface area contributed by atoms with Crippen molar-refractivity contribution in [3.63, 3.8) is 0 Å². The molecule has 1 aromatic heterocycles. The fourth-order valence-corrected chi connectivity index (χ4v) is 4.15. The Morgan fingerprint density at radius 1 is 0.909 bits per heavy atom. The van der Waals surface area contributed by atoms with Gasteiger partial charge in [0.2, 0.25) is 5.91 Å². The number of halogens is 2. The van der Waals surface area contributed by atoms with Crippen LogP contribution >= 0.6 is 0 Å². The van der Waals surface area contributed by atoms with Gasteiger partial charge in [0.25, 0.3) is 0 Å². The second-order valence-electron chi connectivity index (χ2n) is 8.86. The van der Waals surface area contributed by atoms with E-state index in [0.29, 0.717) is 19.0 Å². The summed E-state index contributed by atoms with van der Waals surface area (Å²) in [5.41, 5.74) is 3.92. The van der Waals surface area contributed by atoms with Crippen LogP contribution in [0.3, 0.4) is 0 Å². The van der Waals surface area contributed by atoms with Gasteiger partial charge in [0, 0.05) is 42.5 Å². The van der Waals surface area contributed by atoms with Crippen LogP contribution in [0.5, 0.6) is 0 Å². The van der Waals surface area contributed by atoms with Gasteiger partial charge in [0.05, 0.1) is 0 Å². The van der Waals surface area contributed by atoms with E-state index in [1.807, 2.05) is 24.3 Å². The van der Waals surface area contributed by atoms with Crippen molar-refractivity contribution < 1.29 is 13.6 Å². The fraction of sp³-hybridized carbons (Fsp3) is 0.250. The van der Waals surface area contributed by atoms with Crippen molar-refractivity contribution in [1.29, 1.82) is 0 Å². The Hall–Kier alpha value is -3.47. The summed E-state index contributed by atoms with van der Waals surface area (Å²) in [5, 5.41) is 4.05. The van der Waals surface area contributed by atoms with Crippen molar-refractivity contribution in [1.82, 2.24) is 9.88 Å². The molecule has 5 heteroatoms. The molecule has 0 spiro atoms. The van der Waals surface area contributed by atoms with Gasteiger partial charge in [-0.05, 0) is 52.9 Å². The lowest BCUT2D eigenvalue weighted by molar-refractivity contribution is -0.121. The smallest absolute Gasteiger partial charge is 0.220 e. The topological polar surface area (TPSA) is 34.0 Å². The van der Waals surface area contributed by atoms with Gasteiger partial charge >= 0.3 is 0 Å². The molecule has 0 saturated carbocycles. The number of fused-ring (bicyclic) bond motifs is 1. The Morgan fingerprint density at radius 2 is 1.55 bits per heavy atom. The Kier molecular flexibility index (Phi) is 6.87. The lowest BCUT2D eigenvalue weighted by Crippen LogP contribution is -2.28. The maximum absolute atomic E-state index is 13.6. The number of aromatic nitrogens is 1. The number of hydrogen-bond donors (Lipinski definition) is 1. The van der Waals surface area contributed by atoms with Crippen LogP contribution in [0.2, 0.25) is 0 Å². The summed E-state index contributed by atoms with van der Waals surface area (Å²) >= 11 is 0. The van der Waals surface area contributed by atoms with Crippen molar-refractivity contribution in [3.05, 3.63) is 107 Å². The van der Waals surface area contributed by atoms with Gasteiger partial charge in [-0.3, -0.25) is 4.79 Å². The zero-order valence-corrected chi connectivity index (χ0v) is 18.9.